The first-order valence-corrected chi connectivity index (χ1v) is 7.52. The van der Waals surface area contributed by atoms with E-state index in [0.717, 1.165) is 45.8 Å². The molecule has 1 aliphatic rings. The van der Waals surface area contributed by atoms with Gasteiger partial charge in [0.1, 0.15) is 0 Å². The first kappa shape index (κ1) is 15.5. The first-order valence-electron chi connectivity index (χ1n) is 7.52. The molecule has 0 saturated carbocycles. The molecule has 20 heavy (non-hydrogen) atoms. The van der Waals surface area contributed by atoms with Crippen LogP contribution in [0.1, 0.15) is 29.5 Å². The van der Waals surface area contributed by atoms with Crippen LogP contribution in [0.2, 0.25) is 0 Å². The maximum atomic E-state index is 5.58. The van der Waals surface area contributed by atoms with Crippen LogP contribution in [0, 0.1) is 13.8 Å². The molecule has 0 aliphatic carbocycles. The van der Waals surface area contributed by atoms with E-state index in [1.165, 1.54) is 16.7 Å². The van der Waals surface area contributed by atoms with Crippen molar-refractivity contribution in [2.75, 3.05) is 40.0 Å². The largest absolute Gasteiger partial charge is 0.383 e. The number of ether oxygens (including phenoxy) is 2. The van der Waals surface area contributed by atoms with Gasteiger partial charge in [0.25, 0.3) is 0 Å². The summed E-state index contributed by atoms with van der Waals surface area (Å²) < 4.78 is 10.7. The lowest BCUT2D eigenvalue weighted by molar-refractivity contribution is 0.0492. The number of nitrogens with one attached hydrogen (secondary N) is 1. The molecule has 2 rings (SSSR count). The van der Waals surface area contributed by atoms with Gasteiger partial charge in [-0.05, 0) is 32.3 Å². The van der Waals surface area contributed by atoms with E-state index in [4.69, 9.17) is 9.47 Å². The molecule has 0 bridgehead atoms. The fraction of sp³-hybridized carbons (Fsp3) is 0.647. The molecular weight excluding hydrogens is 250 g/mol. The first-order chi connectivity index (χ1) is 9.66. The van der Waals surface area contributed by atoms with Crippen LogP contribution in [0.15, 0.2) is 18.2 Å². The van der Waals surface area contributed by atoms with Crippen molar-refractivity contribution < 1.29 is 9.47 Å². The van der Waals surface area contributed by atoms with E-state index in [1.807, 2.05) is 0 Å². The predicted octanol–water partition coefficient (Wildman–Crippen LogP) is 2.59. The highest BCUT2D eigenvalue weighted by Gasteiger charge is 2.34. The van der Waals surface area contributed by atoms with E-state index >= 15 is 0 Å². The monoisotopic (exact) mass is 277 g/mol. The number of methoxy groups -OCH3 is 1. The summed E-state index contributed by atoms with van der Waals surface area (Å²) in [6.07, 6.45) is 2.19. The van der Waals surface area contributed by atoms with Gasteiger partial charge in [0.2, 0.25) is 0 Å². The predicted molar refractivity (Wildman–Crippen MR) is 82.4 cm³/mol. The molecule has 1 aromatic rings. The average molecular weight is 277 g/mol. The second-order valence-corrected chi connectivity index (χ2v) is 5.94. The lowest BCUT2D eigenvalue weighted by Crippen LogP contribution is -2.43. The molecule has 0 spiro atoms. The Labute approximate surface area is 122 Å². The minimum atomic E-state index is 0.211. The van der Waals surface area contributed by atoms with Gasteiger partial charge in [-0.2, -0.15) is 0 Å². The molecule has 1 aromatic carbocycles. The summed E-state index contributed by atoms with van der Waals surface area (Å²) in [7, 11) is 1.75. The lowest BCUT2D eigenvalue weighted by Gasteiger charge is -2.38. The Morgan fingerprint density at radius 2 is 1.80 bits per heavy atom. The number of hydrogen-bond acceptors (Lipinski definition) is 3. The normalized spacial score (nSPS) is 18.1. The van der Waals surface area contributed by atoms with Gasteiger partial charge < -0.3 is 14.8 Å². The van der Waals surface area contributed by atoms with Crippen molar-refractivity contribution in [2.24, 2.45) is 0 Å². The maximum absolute atomic E-state index is 5.58. The van der Waals surface area contributed by atoms with Crippen LogP contribution in [0.25, 0.3) is 0 Å². The van der Waals surface area contributed by atoms with Gasteiger partial charge in [-0.3, -0.25) is 0 Å². The molecule has 0 aromatic heterocycles. The number of benzene rings is 1. The summed E-state index contributed by atoms with van der Waals surface area (Å²) >= 11 is 0. The molecule has 1 N–H and O–H groups in total. The van der Waals surface area contributed by atoms with E-state index in [2.05, 4.69) is 37.4 Å². The van der Waals surface area contributed by atoms with Crippen molar-refractivity contribution in [3.8, 4) is 0 Å². The number of aryl methyl sites for hydroxylation is 2. The highest BCUT2D eigenvalue weighted by molar-refractivity contribution is 5.35. The summed E-state index contributed by atoms with van der Waals surface area (Å²) in [6.45, 7) is 8.76. The molecule has 1 heterocycles. The second kappa shape index (κ2) is 7.21. The fourth-order valence-electron chi connectivity index (χ4n) is 3.11. The van der Waals surface area contributed by atoms with Crippen LogP contribution in [-0.2, 0) is 14.9 Å². The third kappa shape index (κ3) is 3.81. The Hall–Kier alpha value is -0.900. The van der Waals surface area contributed by atoms with Crippen LogP contribution < -0.4 is 5.32 Å². The van der Waals surface area contributed by atoms with Gasteiger partial charge in [0.15, 0.2) is 0 Å². The van der Waals surface area contributed by atoms with Crippen LogP contribution in [-0.4, -0.2) is 40.0 Å². The Balaban J connectivity index is 2.16. The Bertz CT molecular complexity index is 405. The number of hydrogen-bond donors (Lipinski definition) is 1. The summed E-state index contributed by atoms with van der Waals surface area (Å²) in [6, 6.07) is 6.93. The molecule has 1 fully saturated rings. The van der Waals surface area contributed by atoms with Gasteiger partial charge in [-0.15, -0.1) is 0 Å². The quantitative estimate of drug-likeness (QED) is 0.811. The van der Waals surface area contributed by atoms with Gasteiger partial charge in [0, 0.05) is 38.8 Å². The summed E-state index contributed by atoms with van der Waals surface area (Å²) in [5, 5.41) is 3.55. The van der Waals surface area contributed by atoms with Gasteiger partial charge in [-0.25, -0.2) is 0 Å². The van der Waals surface area contributed by atoms with Crippen LogP contribution in [0.4, 0.5) is 0 Å². The van der Waals surface area contributed by atoms with Crippen molar-refractivity contribution in [1.82, 2.24) is 5.32 Å². The molecule has 0 amide bonds. The molecule has 1 aliphatic heterocycles. The molecule has 1 saturated heterocycles. The van der Waals surface area contributed by atoms with Crippen LogP contribution >= 0.6 is 0 Å². The zero-order chi connectivity index (χ0) is 14.4. The molecule has 0 radical (unpaired) electrons. The zero-order valence-electron chi connectivity index (χ0n) is 13.0. The molecular formula is C17H27NO2. The Morgan fingerprint density at radius 3 is 2.40 bits per heavy atom. The van der Waals surface area contributed by atoms with E-state index in [0.29, 0.717) is 0 Å². The lowest BCUT2D eigenvalue weighted by atomic mass is 9.73. The van der Waals surface area contributed by atoms with Crippen LogP contribution in [0.5, 0.6) is 0 Å². The van der Waals surface area contributed by atoms with E-state index in [-0.39, 0.29) is 5.41 Å². The summed E-state index contributed by atoms with van der Waals surface area (Å²) in [4.78, 5) is 0. The van der Waals surface area contributed by atoms with Crippen molar-refractivity contribution in [1.29, 1.82) is 0 Å². The SMILES string of the molecule is COCCNCC1(c2cc(C)cc(C)c2)CCOCC1. The van der Waals surface area contributed by atoms with Crippen molar-refractivity contribution in [3.05, 3.63) is 34.9 Å². The van der Waals surface area contributed by atoms with E-state index in [1.54, 1.807) is 7.11 Å². The summed E-state index contributed by atoms with van der Waals surface area (Å²) in [5.74, 6) is 0. The minimum absolute atomic E-state index is 0.211. The summed E-state index contributed by atoms with van der Waals surface area (Å²) in [5.41, 5.74) is 4.37. The molecule has 0 unspecified atom stereocenters. The fourth-order valence-corrected chi connectivity index (χ4v) is 3.11. The van der Waals surface area contributed by atoms with Crippen molar-refractivity contribution >= 4 is 0 Å². The highest BCUT2D eigenvalue weighted by atomic mass is 16.5. The molecule has 3 nitrogen and oxygen atoms in total. The smallest absolute Gasteiger partial charge is 0.0587 e. The Kier molecular flexibility index (Phi) is 5.58. The van der Waals surface area contributed by atoms with Gasteiger partial charge in [0.05, 0.1) is 6.61 Å². The second-order valence-electron chi connectivity index (χ2n) is 5.94. The topological polar surface area (TPSA) is 30.5 Å². The minimum Gasteiger partial charge on any atom is -0.383 e. The van der Waals surface area contributed by atoms with E-state index < -0.39 is 0 Å². The Morgan fingerprint density at radius 1 is 1.15 bits per heavy atom. The highest BCUT2D eigenvalue weighted by Crippen LogP contribution is 2.35. The molecule has 3 heteroatoms. The van der Waals surface area contributed by atoms with Crippen molar-refractivity contribution in [3.63, 3.8) is 0 Å². The van der Waals surface area contributed by atoms with Gasteiger partial charge >= 0.3 is 0 Å². The third-order valence-corrected chi connectivity index (χ3v) is 4.23. The molecule has 112 valence electrons. The number of rotatable bonds is 6. The molecule has 0 atom stereocenters. The van der Waals surface area contributed by atoms with E-state index in [9.17, 15) is 0 Å². The average Bonchev–Trinajstić information content (AvgIpc) is 2.44. The van der Waals surface area contributed by atoms with Crippen LogP contribution in [0.3, 0.4) is 0 Å². The van der Waals surface area contributed by atoms with Crippen molar-refractivity contribution in [2.45, 2.75) is 32.1 Å². The maximum Gasteiger partial charge on any atom is 0.0587 e. The standard InChI is InChI=1S/C17H27NO2/c1-14-10-15(2)12-16(11-14)17(4-7-20-8-5-17)13-18-6-9-19-3/h10-12,18H,4-9,13H2,1-3H3. The van der Waals surface area contributed by atoms with Gasteiger partial charge in [-0.1, -0.05) is 29.3 Å². The third-order valence-electron chi connectivity index (χ3n) is 4.23. The zero-order valence-corrected chi connectivity index (χ0v) is 13.0.